The monoisotopic (exact) mass is 280 g/mol. The molecule has 16 heavy (non-hydrogen) atoms. The second-order valence-corrected chi connectivity index (χ2v) is 6.15. The first-order valence-electron chi connectivity index (χ1n) is 4.34. The van der Waals surface area contributed by atoms with Crippen molar-refractivity contribution in [3.63, 3.8) is 0 Å². The van der Waals surface area contributed by atoms with Crippen LogP contribution in [-0.4, -0.2) is 20.8 Å². The summed E-state index contributed by atoms with van der Waals surface area (Å²) < 4.78 is 27.7. The lowest BCUT2D eigenvalue weighted by molar-refractivity contribution is 0.0931. The lowest BCUT2D eigenvalue weighted by Gasteiger charge is -2.19. The van der Waals surface area contributed by atoms with E-state index in [2.05, 4.69) is 0 Å². The minimum absolute atomic E-state index is 0.0428. The molecule has 0 N–H and O–H groups in total. The number of Topliss-reactive ketones (excluding diaryl/α,β-unsaturated/α-hetero) is 1. The van der Waals surface area contributed by atoms with Gasteiger partial charge in [0.15, 0.2) is 11.5 Å². The third-order valence-corrected chi connectivity index (χ3v) is 3.85. The van der Waals surface area contributed by atoms with Crippen LogP contribution in [0.3, 0.4) is 0 Å². The van der Waals surface area contributed by atoms with Crippen molar-refractivity contribution in [3.05, 3.63) is 22.7 Å². The Morgan fingerprint density at radius 3 is 2.62 bits per heavy atom. The zero-order valence-electron chi connectivity index (χ0n) is 7.87. The van der Waals surface area contributed by atoms with Crippen molar-refractivity contribution in [2.75, 3.05) is 6.61 Å². The number of halogens is 2. The van der Waals surface area contributed by atoms with E-state index in [9.17, 15) is 13.2 Å². The number of hydrogen-bond donors (Lipinski definition) is 0. The molecule has 0 aromatic heterocycles. The fourth-order valence-corrected chi connectivity index (χ4v) is 2.74. The number of carbonyl (C=O) groups excluding carboxylic acids is 1. The molecular formula is C9H6Cl2O4S. The van der Waals surface area contributed by atoms with Crippen LogP contribution in [0.4, 0.5) is 0 Å². The smallest absolute Gasteiger partial charge is 0.265 e. The largest absolute Gasteiger partial charge is 0.491 e. The van der Waals surface area contributed by atoms with Crippen LogP contribution in [0.2, 0.25) is 5.02 Å². The Morgan fingerprint density at radius 1 is 1.31 bits per heavy atom. The topological polar surface area (TPSA) is 60.4 Å². The molecule has 1 aromatic carbocycles. The first kappa shape index (κ1) is 11.7. The average molecular weight is 281 g/mol. The maximum absolute atomic E-state index is 11.6. The molecule has 4 nitrogen and oxygen atoms in total. The summed E-state index contributed by atoms with van der Waals surface area (Å²) in [7, 11) is 1.29. The summed E-state index contributed by atoms with van der Waals surface area (Å²) in [5, 5.41) is 0.170. The van der Waals surface area contributed by atoms with Crippen LogP contribution in [0.15, 0.2) is 17.0 Å². The Bertz CT molecular complexity index is 565. The second kappa shape index (κ2) is 3.91. The minimum Gasteiger partial charge on any atom is -0.491 e. The number of fused-ring (bicyclic) bond motifs is 1. The highest BCUT2D eigenvalue weighted by molar-refractivity contribution is 8.13. The van der Waals surface area contributed by atoms with Crippen molar-refractivity contribution < 1.29 is 17.9 Å². The molecule has 0 radical (unpaired) electrons. The van der Waals surface area contributed by atoms with Gasteiger partial charge in [0, 0.05) is 17.1 Å². The Hall–Kier alpha value is -0.780. The zero-order valence-corrected chi connectivity index (χ0v) is 10.2. The predicted molar refractivity (Wildman–Crippen MR) is 58.9 cm³/mol. The normalized spacial score (nSPS) is 15.5. The Balaban J connectivity index is 2.77. The fraction of sp³-hybridized carbons (Fsp3) is 0.222. The lowest BCUT2D eigenvalue weighted by atomic mass is 10.1. The number of hydrogen-bond acceptors (Lipinski definition) is 4. The summed E-state index contributed by atoms with van der Waals surface area (Å²) in [6, 6.07) is 2.55. The highest BCUT2D eigenvalue weighted by atomic mass is 35.7. The SMILES string of the molecule is O=C1CCOc2c(S(=O)(=O)Cl)ccc(Cl)c21. The molecule has 2 rings (SSSR count). The van der Waals surface area contributed by atoms with Gasteiger partial charge >= 0.3 is 0 Å². The molecule has 1 aliphatic rings. The van der Waals surface area contributed by atoms with Gasteiger partial charge in [-0.2, -0.15) is 0 Å². The fourth-order valence-electron chi connectivity index (χ4n) is 1.51. The van der Waals surface area contributed by atoms with E-state index in [4.69, 9.17) is 27.0 Å². The molecule has 0 saturated carbocycles. The molecule has 0 fully saturated rings. The molecule has 7 heteroatoms. The van der Waals surface area contributed by atoms with Gasteiger partial charge in [0.2, 0.25) is 0 Å². The summed E-state index contributed by atoms with van der Waals surface area (Å²) in [5.74, 6) is -0.285. The van der Waals surface area contributed by atoms with Crippen molar-refractivity contribution in [1.82, 2.24) is 0 Å². The van der Waals surface area contributed by atoms with Gasteiger partial charge in [-0.1, -0.05) is 11.6 Å². The maximum atomic E-state index is 11.6. The lowest BCUT2D eigenvalue weighted by Crippen LogP contribution is -2.17. The number of rotatable bonds is 1. The van der Waals surface area contributed by atoms with E-state index in [0.717, 1.165) is 0 Å². The summed E-state index contributed by atoms with van der Waals surface area (Å²) in [4.78, 5) is 11.4. The minimum atomic E-state index is -3.95. The number of ether oxygens (including phenoxy) is 1. The van der Waals surface area contributed by atoms with Crippen LogP contribution in [-0.2, 0) is 9.05 Å². The molecular weight excluding hydrogens is 275 g/mol. The van der Waals surface area contributed by atoms with Crippen LogP contribution >= 0.6 is 22.3 Å². The van der Waals surface area contributed by atoms with Crippen LogP contribution in [0.5, 0.6) is 5.75 Å². The highest BCUT2D eigenvalue weighted by Gasteiger charge is 2.28. The maximum Gasteiger partial charge on any atom is 0.265 e. The van der Waals surface area contributed by atoms with Crippen LogP contribution in [0.1, 0.15) is 16.8 Å². The van der Waals surface area contributed by atoms with E-state index in [1.807, 2.05) is 0 Å². The molecule has 0 bridgehead atoms. The molecule has 0 amide bonds. The summed E-state index contributed by atoms with van der Waals surface area (Å²) >= 11 is 5.82. The Labute approximate surface area is 102 Å². The highest BCUT2D eigenvalue weighted by Crippen LogP contribution is 2.38. The van der Waals surface area contributed by atoms with Gasteiger partial charge in [-0.3, -0.25) is 4.79 Å². The van der Waals surface area contributed by atoms with Crippen LogP contribution in [0.25, 0.3) is 0 Å². The summed E-state index contributed by atoms with van der Waals surface area (Å²) in [6.45, 7) is 0.131. The van der Waals surface area contributed by atoms with Crippen molar-refractivity contribution in [2.45, 2.75) is 11.3 Å². The zero-order chi connectivity index (χ0) is 11.9. The van der Waals surface area contributed by atoms with E-state index in [0.29, 0.717) is 0 Å². The molecule has 0 unspecified atom stereocenters. The van der Waals surface area contributed by atoms with Gasteiger partial charge in [0.1, 0.15) is 4.90 Å². The van der Waals surface area contributed by atoms with E-state index < -0.39 is 9.05 Å². The second-order valence-electron chi connectivity index (χ2n) is 3.21. The molecule has 1 heterocycles. The molecule has 1 aromatic rings. The molecule has 0 saturated heterocycles. The van der Waals surface area contributed by atoms with Gasteiger partial charge < -0.3 is 4.74 Å². The number of benzene rings is 1. The van der Waals surface area contributed by atoms with E-state index >= 15 is 0 Å². The van der Waals surface area contributed by atoms with Gasteiger partial charge in [-0.25, -0.2) is 8.42 Å². The molecule has 0 aliphatic carbocycles. The molecule has 0 spiro atoms. The van der Waals surface area contributed by atoms with E-state index in [1.165, 1.54) is 12.1 Å². The van der Waals surface area contributed by atoms with Crippen LogP contribution < -0.4 is 4.74 Å². The van der Waals surface area contributed by atoms with Gasteiger partial charge in [0.25, 0.3) is 9.05 Å². The molecule has 1 aliphatic heterocycles. The van der Waals surface area contributed by atoms with Crippen LogP contribution in [0, 0.1) is 0 Å². The average Bonchev–Trinajstić information content (AvgIpc) is 2.16. The summed E-state index contributed by atoms with van der Waals surface area (Å²) in [6.07, 6.45) is 0.179. The predicted octanol–water partition coefficient (Wildman–Crippen LogP) is 2.23. The number of ketones is 1. The van der Waals surface area contributed by atoms with Gasteiger partial charge in [-0.15, -0.1) is 0 Å². The van der Waals surface area contributed by atoms with Gasteiger partial charge in [-0.05, 0) is 12.1 Å². The molecule has 0 atom stereocenters. The molecule has 86 valence electrons. The quantitative estimate of drug-likeness (QED) is 0.741. The first-order chi connectivity index (χ1) is 7.41. The Kier molecular flexibility index (Phi) is 2.86. The van der Waals surface area contributed by atoms with Crippen molar-refractivity contribution >= 4 is 37.1 Å². The first-order valence-corrected chi connectivity index (χ1v) is 7.03. The Morgan fingerprint density at radius 2 is 2.00 bits per heavy atom. The van der Waals surface area contributed by atoms with Gasteiger partial charge in [0.05, 0.1) is 17.2 Å². The van der Waals surface area contributed by atoms with Crippen molar-refractivity contribution in [2.24, 2.45) is 0 Å². The third-order valence-electron chi connectivity index (χ3n) is 2.19. The standard InChI is InChI=1S/C9H6Cl2O4S/c10-5-1-2-7(16(11,13)14)9-8(5)6(12)3-4-15-9/h1-2H,3-4H2. The van der Waals surface area contributed by atoms with Crippen molar-refractivity contribution in [1.29, 1.82) is 0 Å². The van der Waals surface area contributed by atoms with Crippen molar-refractivity contribution in [3.8, 4) is 5.75 Å². The number of carbonyl (C=O) groups is 1. The van der Waals surface area contributed by atoms with E-state index in [1.54, 1.807) is 0 Å². The third kappa shape index (κ3) is 1.90. The summed E-state index contributed by atoms with van der Waals surface area (Å²) in [5.41, 5.74) is 0.0923. The van der Waals surface area contributed by atoms with E-state index in [-0.39, 0.29) is 40.0 Å².